The Bertz CT molecular complexity index is 381. The van der Waals surface area contributed by atoms with Gasteiger partial charge < -0.3 is 4.74 Å². The summed E-state index contributed by atoms with van der Waals surface area (Å²) in [4.78, 5) is 12.6. The van der Waals surface area contributed by atoms with E-state index in [4.69, 9.17) is 10.00 Å². The number of hydrogen-bond donors (Lipinski definition) is 0. The first-order valence-electron chi connectivity index (χ1n) is 5.76. The highest BCUT2D eigenvalue weighted by Crippen LogP contribution is 2.15. The van der Waals surface area contributed by atoms with E-state index in [1.807, 2.05) is 31.4 Å². The number of nitrogens with zero attached hydrogens (tertiary/aromatic N) is 1. The molecule has 0 N–H and O–H groups in total. The van der Waals surface area contributed by atoms with Crippen LogP contribution in [-0.4, -0.2) is 12.6 Å². The summed E-state index contributed by atoms with van der Waals surface area (Å²) in [5, 5.41) is 11.0. The highest BCUT2D eigenvalue weighted by molar-refractivity contribution is 7.09. The van der Waals surface area contributed by atoms with E-state index in [1.54, 1.807) is 11.3 Å². The first-order valence-corrected chi connectivity index (χ1v) is 6.64. The van der Waals surface area contributed by atoms with Gasteiger partial charge in [0.2, 0.25) is 0 Å². The number of hydrogen-bond acceptors (Lipinski definition) is 4. The van der Waals surface area contributed by atoms with Crippen molar-refractivity contribution < 1.29 is 9.53 Å². The van der Waals surface area contributed by atoms with Gasteiger partial charge in [-0.15, -0.1) is 11.3 Å². The monoisotopic (exact) mass is 251 g/mol. The quantitative estimate of drug-likeness (QED) is 0.730. The summed E-state index contributed by atoms with van der Waals surface area (Å²) in [5.41, 5.74) is 0. The number of ether oxygens (including phenoxy) is 1. The van der Waals surface area contributed by atoms with Gasteiger partial charge in [0.05, 0.1) is 17.9 Å². The van der Waals surface area contributed by atoms with Crippen LogP contribution in [0.25, 0.3) is 0 Å². The van der Waals surface area contributed by atoms with Crippen LogP contribution in [0, 0.1) is 23.2 Å². The summed E-state index contributed by atoms with van der Waals surface area (Å²) in [6, 6.07) is 6.13. The van der Waals surface area contributed by atoms with E-state index in [-0.39, 0.29) is 24.4 Å². The molecule has 0 aliphatic carbocycles. The molecule has 4 heteroatoms. The van der Waals surface area contributed by atoms with Gasteiger partial charge in [-0.25, -0.2) is 0 Å². The standard InChI is InChI=1S/C13H17NO2S/c1-3-10(2)13(15)16-9-11(8-14)7-12-5-4-6-17-12/h4-6,10-11H,3,7,9H2,1-2H3/t10-,11+/m1/s1. The van der Waals surface area contributed by atoms with E-state index in [2.05, 4.69) is 6.07 Å². The van der Waals surface area contributed by atoms with Gasteiger partial charge in [-0.2, -0.15) is 5.26 Å². The molecule has 1 aromatic rings. The average molecular weight is 251 g/mol. The maximum absolute atomic E-state index is 11.5. The third-order valence-electron chi connectivity index (χ3n) is 2.65. The molecule has 0 radical (unpaired) electrons. The summed E-state index contributed by atoms with van der Waals surface area (Å²) in [6.07, 6.45) is 1.42. The number of esters is 1. The minimum Gasteiger partial charge on any atom is -0.464 e. The second-order valence-corrected chi connectivity index (χ2v) is 5.08. The van der Waals surface area contributed by atoms with Gasteiger partial charge in [0, 0.05) is 11.3 Å². The highest BCUT2D eigenvalue weighted by Gasteiger charge is 2.16. The minimum absolute atomic E-state index is 0.0870. The van der Waals surface area contributed by atoms with E-state index in [9.17, 15) is 4.79 Å². The molecule has 1 aromatic heterocycles. The van der Waals surface area contributed by atoms with Crippen molar-refractivity contribution in [1.29, 1.82) is 5.26 Å². The van der Waals surface area contributed by atoms with Crippen molar-refractivity contribution in [2.24, 2.45) is 11.8 Å². The fourth-order valence-electron chi connectivity index (χ4n) is 1.31. The van der Waals surface area contributed by atoms with Crippen molar-refractivity contribution in [3.63, 3.8) is 0 Å². The van der Waals surface area contributed by atoms with Gasteiger partial charge in [-0.05, 0) is 17.9 Å². The molecule has 3 nitrogen and oxygen atoms in total. The van der Waals surface area contributed by atoms with Crippen LogP contribution in [0.3, 0.4) is 0 Å². The van der Waals surface area contributed by atoms with Gasteiger partial charge in [0.15, 0.2) is 0 Å². The minimum atomic E-state index is -0.248. The Morgan fingerprint density at radius 1 is 1.65 bits per heavy atom. The molecule has 1 heterocycles. The predicted molar refractivity (Wildman–Crippen MR) is 67.5 cm³/mol. The van der Waals surface area contributed by atoms with Crippen molar-refractivity contribution in [1.82, 2.24) is 0 Å². The summed E-state index contributed by atoms with van der Waals surface area (Å²) in [7, 11) is 0. The number of carbonyl (C=O) groups excluding carboxylic acids is 1. The SMILES string of the molecule is CC[C@@H](C)C(=O)OC[C@H](C#N)Cc1cccs1. The lowest BCUT2D eigenvalue weighted by molar-refractivity contribution is -0.148. The molecular weight excluding hydrogens is 234 g/mol. The van der Waals surface area contributed by atoms with Crippen molar-refractivity contribution >= 4 is 17.3 Å². The maximum Gasteiger partial charge on any atom is 0.308 e. The van der Waals surface area contributed by atoms with Crippen LogP contribution in [0.5, 0.6) is 0 Å². The molecule has 0 unspecified atom stereocenters. The van der Waals surface area contributed by atoms with Crippen molar-refractivity contribution in [2.75, 3.05) is 6.61 Å². The molecule has 92 valence electrons. The Hall–Kier alpha value is -1.34. The molecule has 1 rings (SSSR count). The van der Waals surface area contributed by atoms with E-state index in [0.717, 1.165) is 11.3 Å². The lowest BCUT2D eigenvalue weighted by atomic mass is 10.1. The summed E-state index contributed by atoms with van der Waals surface area (Å²) in [5.74, 6) is -0.545. The largest absolute Gasteiger partial charge is 0.464 e. The molecule has 0 aromatic carbocycles. The Balaban J connectivity index is 2.38. The fourth-order valence-corrected chi connectivity index (χ4v) is 2.09. The molecule has 0 saturated heterocycles. The van der Waals surface area contributed by atoms with Crippen molar-refractivity contribution in [3.8, 4) is 6.07 Å². The molecule has 0 fully saturated rings. The lowest BCUT2D eigenvalue weighted by Gasteiger charge is -2.12. The van der Waals surface area contributed by atoms with Crippen LogP contribution in [0.4, 0.5) is 0 Å². The average Bonchev–Trinajstić information content (AvgIpc) is 2.85. The van der Waals surface area contributed by atoms with Crippen molar-refractivity contribution in [2.45, 2.75) is 26.7 Å². The molecule has 17 heavy (non-hydrogen) atoms. The molecule has 0 spiro atoms. The highest BCUT2D eigenvalue weighted by atomic mass is 32.1. The first-order chi connectivity index (χ1) is 8.17. The number of carbonyl (C=O) groups is 1. The van der Waals surface area contributed by atoms with Crippen LogP contribution in [0.1, 0.15) is 25.1 Å². The summed E-state index contributed by atoms with van der Waals surface area (Å²) < 4.78 is 5.14. The number of thiophene rings is 1. The number of rotatable bonds is 6. The predicted octanol–water partition coefficient (Wildman–Crippen LogP) is 3.02. The smallest absolute Gasteiger partial charge is 0.308 e. The summed E-state index contributed by atoms with van der Waals surface area (Å²) >= 11 is 1.62. The third-order valence-corrected chi connectivity index (χ3v) is 3.55. The van der Waals surface area contributed by atoms with Gasteiger partial charge in [0.1, 0.15) is 6.61 Å². The Kier molecular flexibility index (Phi) is 5.71. The van der Waals surface area contributed by atoms with E-state index in [0.29, 0.717) is 6.42 Å². The zero-order valence-corrected chi connectivity index (χ0v) is 11.0. The second-order valence-electron chi connectivity index (χ2n) is 4.05. The molecular formula is C13H17NO2S. The maximum atomic E-state index is 11.5. The third kappa shape index (κ3) is 4.58. The molecule has 0 bridgehead atoms. The zero-order chi connectivity index (χ0) is 12.7. The van der Waals surface area contributed by atoms with Crippen LogP contribution >= 0.6 is 11.3 Å². The molecule has 0 saturated carbocycles. The summed E-state index contributed by atoms with van der Waals surface area (Å²) in [6.45, 7) is 3.97. The second kappa shape index (κ2) is 7.08. The topological polar surface area (TPSA) is 50.1 Å². The Labute approximate surface area is 106 Å². The van der Waals surface area contributed by atoms with Crippen LogP contribution < -0.4 is 0 Å². The fraction of sp³-hybridized carbons (Fsp3) is 0.538. The molecule has 0 aliphatic rings. The molecule has 0 amide bonds. The Morgan fingerprint density at radius 2 is 2.41 bits per heavy atom. The Morgan fingerprint density at radius 3 is 2.94 bits per heavy atom. The van der Waals surface area contributed by atoms with Gasteiger partial charge in [-0.3, -0.25) is 4.79 Å². The molecule has 2 atom stereocenters. The number of nitriles is 1. The van der Waals surface area contributed by atoms with Gasteiger partial charge >= 0.3 is 5.97 Å². The van der Waals surface area contributed by atoms with E-state index < -0.39 is 0 Å². The van der Waals surface area contributed by atoms with Crippen LogP contribution in [0.15, 0.2) is 17.5 Å². The van der Waals surface area contributed by atoms with Gasteiger partial charge in [0.25, 0.3) is 0 Å². The lowest BCUT2D eigenvalue weighted by Crippen LogP contribution is -2.19. The first kappa shape index (κ1) is 13.7. The van der Waals surface area contributed by atoms with Gasteiger partial charge in [-0.1, -0.05) is 19.9 Å². The van der Waals surface area contributed by atoms with Crippen LogP contribution in [0.2, 0.25) is 0 Å². The molecule has 0 aliphatic heterocycles. The van der Waals surface area contributed by atoms with Crippen molar-refractivity contribution in [3.05, 3.63) is 22.4 Å². The van der Waals surface area contributed by atoms with E-state index in [1.165, 1.54) is 0 Å². The van der Waals surface area contributed by atoms with Crippen LogP contribution in [-0.2, 0) is 16.0 Å². The normalized spacial score (nSPS) is 13.7. The van der Waals surface area contributed by atoms with E-state index >= 15 is 0 Å². The zero-order valence-electron chi connectivity index (χ0n) is 10.2.